The lowest BCUT2D eigenvalue weighted by Gasteiger charge is -2.24. The van der Waals surface area contributed by atoms with Crippen LogP contribution in [0.2, 0.25) is 0 Å². The monoisotopic (exact) mass is 272 g/mol. The fraction of sp³-hybridized carbons (Fsp3) is 0.333. The Labute approximate surface area is 116 Å². The minimum absolute atomic E-state index is 0.0272. The molecule has 5 heteroatoms. The molecule has 0 fully saturated rings. The van der Waals surface area contributed by atoms with Crippen molar-refractivity contribution in [1.29, 1.82) is 0 Å². The fourth-order valence-electron chi connectivity index (χ4n) is 3.03. The first-order chi connectivity index (χ1) is 9.56. The van der Waals surface area contributed by atoms with E-state index in [1.54, 1.807) is 24.1 Å². The molecule has 1 aromatic carbocycles. The average molecular weight is 272 g/mol. The Morgan fingerprint density at radius 3 is 2.80 bits per heavy atom. The van der Waals surface area contributed by atoms with Crippen molar-refractivity contribution in [3.05, 3.63) is 35.0 Å². The summed E-state index contributed by atoms with van der Waals surface area (Å²) in [7, 11) is 1.78. The summed E-state index contributed by atoms with van der Waals surface area (Å²) >= 11 is 0. The van der Waals surface area contributed by atoms with Gasteiger partial charge in [0.15, 0.2) is 0 Å². The lowest BCUT2D eigenvalue weighted by molar-refractivity contribution is 0.0696. The van der Waals surface area contributed by atoms with Crippen molar-refractivity contribution in [1.82, 2.24) is 9.47 Å². The first kappa shape index (κ1) is 12.7. The number of nitrogens with zero attached hydrogens (tertiary/aromatic N) is 2. The fourth-order valence-corrected chi connectivity index (χ4v) is 3.03. The van der Waals surface area contributed by atoms with Gasteiger partial charge in [0.25, 0.3) is 5.91 Å². The standard InChI is InChI=1S/C15H16N2O3/c1-3-17-12-9(5-4-6-11(12)15(19)20)10-7-8-16(2)14(18)13(10)17/h4-6H,3,7-8H2,1-2H3,(H,19,20). The van der Waals surface area contributed by atoms with Gasteiger partial charge in [-0.2, -0.15) is 0 Å². The van der Waals surface area contributed by atoms with Crippen molar-refractivity contribution in [3.8, 4) is 0 Å². The first-order valence-corrected chi connectivity index (χ1v) is 6.69. The third-order valence-corrected chi connectivity index (χ3v) is 3.98. The number of rotatable bonds is 2. The highest BCUT2D eigenvalue weighted by Gasteiger charge is 2.30. The number of aryl methyl sites for hydroxylation is 1. The second-order valence-electron chi connectivity index (χ2n) is 5.06. The van der Waals surface area contributed by atoms with E-state index in [-0.39, 0.29) is 11.5 Å². The normalized spacial score (nSPS) is 14.7. The summed E-state index contributed by atoms with van der Waals surface area (Å²) < 4.78 is 1.84. The van der Waals surface area contributed by atoms with Crippen LogP contribution in [-0.4, -0.2) is 40.0 Å². The number of fused-ring (bicyclic) bond motifs is 3. The number of carbonyl (C=O) groups is 2. The van der Waals surface area contributed by atoms with E-state index in [1.165, 1.54) is 0 Å². The summed E-state index contributed by atoms with van der Waals surface area (Å²) in [5, 5.41) is 10.3. The Morgan fingerprint density at radius 1 is 1.40 bits per heavy atom. The largest absolute Gasteiger partial charge is 0.478 e. The van der Waals surface area contributed by atoms with E-state index < -0.39 is 5.97 Å². The molecule has 104 valence electrons. The van der Waals surface area contributed by atoms with E-state index in [0.29, 0.717) is 24.3 Å². The van der Waals surface area contributed by atoms with Gasteiger partial charge in [0.2, 0.25) is 0 Å². The quantitative estimate of drug-likeness (QED) is 0.909. The number of benzene rings is 1. The Bertz CT molecular complexity index is 730. The van der Waals surface area contributed by atoms with Crippen molar-refractivity contribution in [2.75, 3.05) is 13.6 Å². The molecule has 2 aromatic rings. The molecule has 0 atom stereocenters. The minimum Gasteiger partial charge on any atom is -0.478 e. The molecule has 3 rings (SSSR count). The SMILES string of the molecule is CCn1c2c(c3cccc(C(=O)O)c31)CCN(C)C2=O. The number of amides is 1. The Balaban J connectivity index is 2.44. The molecule has 1 amide bonds. The smallest absolute Gasteiger partial charge is 0.337 e. The zero-order chi connectivity index (χ0) is 14.4. The maximum atomic E-state index is 12.4. The zero-order valence-corrected chi connectivity index (χ0v) is 11.5. The number of aromatic carboxylic acids is 1. The van der Waals surface area contributed by atoms with E-state index in [0.717, 1.165) is 17.4 Å². The number of para-hydroxylation sites is 1. The van der Waals surface area contributed by atoms with Crippen LogP contribution in [0.3, 0.4) is 0 Å². The molecule has 1 aliphatic rings. The highest BCUT2D eigenvalue weighted by atomic mass is 16.4. The van der Waals surface area contributed by atoms with E-state index in [4.69, 9.17) is 0 Å². The molecule has 0 bridgehead atoms. The van der Waals surface area contributed by atoms with Gasteiger partial charge in [0, 0.05) is 25.5 Å². The summed E-state index contributed by atoms with van der Waals surface area (Å²) in [6.45, 7) is 3.18. The molecule has 0 saturated carbocycles. The molecule has 1 aliphatic heterocycles. The molecular weight excluding hydrogens is 256 g/mol. The maximum absolute atomic E-state index is 12.4. The summed E-state index contributed by atoms with van der Waals surface area (Å²) in [4.78, 5) is 25.5. The minimum atomic E-state index is -0.957. The van der Waals surface area contributed by atoms with Gasteiger partial charge >= 0.3 is 5.97 Å². The van der Waals surface area contributed by atoms with Crippen LogP contribution in [0, 0.1) is 0 Å². The average Bonchev–Trinajstić information content (AvgIpc) is 2.77. The number of aromatic nitrogens is 1. The van der Waals surface area contributed by atoms with Gasteiger partial charge < -0.3 is 14.6 Å². The zero-order valence-electron chi connectivity index (χ0n) is 11.5. The van der Waals surface area contributed by atoms with Gasteiger partial charge in [-0.05, 0) is 25.0 Å². The first-order valence-electron chi connectivity index (χ1n) is 6.69. The van der Waals surface area contributed by atoms with Gasteiger partial charge in [-0.1, -0.05) is 12.1 Å². The van der Waals surface area contributed by atoms with Crippen molar-refractivity contribution in [2.24, 2.45) is 0 Å². The number of hydrogen-bond acceptors (Lipinski definition) is 2. The predicted octanol–water partition coefficient (Wildman–Crippen LogP) is 1.99. The van der Waals surface area contributed by atoms with Crippen LogP contribution >= 0.6 is 0 Å². The Hall–Kier alpha value is -2.30. The van der Waals surface area contributed by atoms with E-state index in [1.807, 2.05) is 17.6 Å². The van der Waals surface area contributed by atoms with Gasteiger partial charge in [0.1, 0.15) is 5.69 Å². The van der Waals surface area contributed by atoms with Crippen molar-refractivity contribution in [3.63, 3.8) is 0 Å². The number of carbonyl (C=O) groups excluding carboxylic acids is 1. The summed E-state index contributed by atoms with van der Waals surface area (Å²) in [6.07, 6.45) is 0.768. The third kappa shape index (κ3) is 1.56. The maximum Gasteiger partial charge on any atom is 0.337 e. The van der Waals surface area contributed by atoms with Crippen LogP contribution in [0.25, 0.3) is 10.9 Å². The molecule has 1 aromatic heterocycles. The Kier molecular flexibility index (Phi) is 2.78. The molecule has 1 N–H and O–H groups in total. The number of carboxylic acid groups (broad SMARTS) is 1. The predicted molar refractivity (Wildman–Crippen MR) is 75.2 cm³/mol. The van der Waals surface area contributed by atoms with Crippen LogP contribution < -0.4 is 0 Å². The lowest BCUT2D eigenvalue weighted by Crippen LogP contribution is -2.35. The molecular formula is C15H16N2O3. The second-order valence-corrected chi connectivity index (χ2v) is 5.06. The van der Waals surface area contributed by atoms with E-state index in [9.17, 15) is 14.7 Å². The van der Waals surface area contributed by atoms with Crippen LogP contribution in [0.1, 0.15) is 33.3 Å². The topological polar surface area (TPSA) is 62.5 Å². The van der Waals surface area contributed by atoms with Crippen LogP contribution in [0.5, 0.6) is 0 Å². The van der Waals surface area contributed by atoms with Gasteiger partial charge in [-0.25, -0.2) is 4.79 Å². The molecule has 20 heavy (non-hydrogen) atoms. The highest BCUT2D eigenvalue weighted by Crippen LogP contribution is 2.32. The molecule has 0 unspecified atom stereocenters. The molecule has 5 nitrogen and oxygen atoms in total. The molecule has 0 spiro atoms. The Morgan fingerprint density at radius 2 is 2.15 bits per heavy atom. The van der Waals surface area contributed by atoms with Crippen molar-refractivity contribution in [2.45, 2.75) is 19.9 Å². The second kappa shape index (κ2) is 4.37. The van der Waals surface area contributed by atoms with Gasteiger partial charge in [-0.15, -0.1) is 0 Å². The van der Waals surface area contributed by atoms with Crippen molar-refractivity contribution >= 4 is 22.8 Å². The lowest BCUT2D eigenvalue weighted by atomic mass is 10.0. The van der Waals surface area contributed by atoms with Crippen molar-refractivity contribution < 1.29 is 14.7 Å². The molecule has 0 radical (unpaired) electrons. The van der Waals surface area contributed by atoms with Crippen LogP contribution in [0.4, 0.5) is 0 Å². The van der Waals surface area contributed by atoms with Gasteiger partial charge in [-0.3, -0.25) is 4.79 Å². The molecule has 0 aliphatic carbocycles. The third-order valence-electron chi connectivity index (χ3n) is 3.98. The van der Waals surface area contributed by atoms with E-state index in [2.05, 4.69) is 0 Å². The summed E-state index contributed by atoms with van der Waals surface area (Å²) in [6, 6.07) is 5.25. The number of likely N-dealkylation sites (N-methyl/N-ethyl adjacent to an activating group) is 1. The summed E-state index contributed by atoms with van der Waals surface area (Å²) in [5.41, 5.74) is 2.54. The summed E-state index contributed by atoms with van der Waals surface area (Å²) in [5.74, 6) is -0.985. The van der Waals surface area contributed by atoms with E-state index >= 15 is 0 Å². The number of carboxylic acids is 1. The highest BCUT2D eigenvalue weighted by molar-refractivity contribution is 6.09. The van der Waals surface area contributed by atoms with Gasteiger partial charge in [0.05, 0.1) is 11.1 Å². The van der Waals surface area contributed by atoms with Crippen LogP contribution in [-0.2, 0) is 13.0 Å². The number of hydrogen-bond donors (Lipinski definition) is 1. The molecule has 2 heterocycles. The molecule has 0 saturated heterocycles. The van der Waals surface area contributed by atoms with Crippen LogP contribution in [0.15, 0.2) is 18.2 Å².